The van der Waals surface area contributed by atoms with Crippen LogP contribution in [0.1, 0.15) is 13.3 Å². The highest BCUT2D eigenvalue weighted by molar-refractivity contribution is 6.82. The lowest BCUT2D eigenvalue weighted by Crippen LogP contribution is -2.22. The number of ether oxygens (including phenoxy) is 2. The predicted octanol–water partition coefficient (Wildman–Crippen LogP) is 2.95. The fourth-order valence-electron chi connectivity index (χ4n) is 1.15. The van der Waals surface area contributed by atoms with Crippen LogP contribution in [0.4, 0.5) is 0 Å². The van der Waals surface area contributed by atoms with Gasteiger partial charge in [0, 0.05) is 12.2 Å². The predicted molar refractivity (Wildman–Crippen MR) is 73.7 cm³/mol. The molecular formula is C13H24O3Si. The summed E-state index contributed by atoms with van der Waals surface area (Å²) >= 11 is 0. The standard InChI is InChI=1S/C13H24O3Si/c1-6-17(4,5)11-7-8-15-9-10-16-13(14)12(2)3/h6H,1-2,7-11H2,3-5H3. The molecule has 0 amide bonds. The van der Waals surface area contributed by atoms with Crippen LogP contribution in [-0.2, 0) is 14.3 Å². The van der Waals surface area contributed by atoms with E-state index in [9.17, 15) is 4.79 Å². The number of carbonyl (C=O) groups is 1. The Morgan fingerprint density at radius 1 is 1.29 bits per heavy atom. The van der Waals surface area contributed by atoms with Crippen molar-refractivity contribution in [2.45, 2.75) is 32.5 Å². The molecule has 0 aliphatic heterocycles. The molecule has 0 radical (unpaired) electrons. The second-order valence-electron chi connectivity index (χ2n) is 4.82. The summed E-state index contributed by atoms with van der Waals surface area (Å²) in [6, 6.07) is 1.18. The molecule has 0 N–H and O–H groups in total. The Kier molecular flexibility index (Phi) is 7.83. The van der Waals surface area contributed by atoms with Crippen LogP contribution in [0.5, 0.6) is 0 Å². The maximum atomic E-state index is 11.0. The highest BCUT2D eigenvalue weighted by Crippen LogP contribution is 2.12. The van der Waals surface area contributed by atoms with E-state index in [0.29, 0.717) is 18.8 Å². The Hall–Kier alpha value is -0.873. The van der Waals surface area contributed by atoms with Crippen molar-refractivity contribution < 1.29 is 14.3 Å². The van der Waals surface area contributed by atoms with Gasteiger partial charge in [-0.3, -0.25) is 0 Å². The van der Waals surface area contributed by atoms with E-state index in [0.717, 1.165) is 13.0 Å². The van der Waals surface area contributed by atoms with Gasteiger partial charge in [-0.25, -0.2) is 4.79 Å². The molecule has 0 spiro atoms. The van der Waals surface area contributed by atoms with Crippen LogP contribution >= 0.6 is 0 Å². The molecule has 4 heteroatoms. The van der Waals surface area contributed by atoms with Crippen LogP contribution < -0.4 is 0 Å². The van der Waals surface area contributed by atoms with Gasteiger partial charge < -0.3 is 9.47 Å². The molecule has 0 saturated carbocycles. The highest BCUT2D eigenvalue weighted by atomic mass is 28.3. The van der Waals surface area contributed by atoms with Gasteiger partial charge in [0.15, 0.2) is 0 Å². The molecular weight excluding hydrogens is 232 g/mol. The van der Waals surface area contributed by atoms with Gasteiger partial charge in [0.2, 0.25) is 0 Å². The zero-order valence-electron chi connectivity index (χ0n) is 11.3. The summed E-state index contributed by atoms with van der Waals surface area (Å²) in [6.07, 6.45) is 1.04. The summed E-state index contributed by atoms with van der Waals surface area (Å²) in [7, 11) is -1.19. The first-order valence-electron chi connectivity index (χ1n) is 5.93. The second-order valence-corrected chi connectivity index (χ2v) is 9.71. The number of hydrogen-bond acceptors (Lipinski definition) is 3. The number of esters is 1. The van der Waals surface area contributed by atoms with Gasteiger partial charge in [-0.15, -0.1) is 12.3 Å². The van der Waals surface area contributed by atoms with Gasteiger partial charge in [0.25, 0.3) is 0 Å². The molecule has 0 aromatic rings. The molecule has 0 heterocycles. The van der Waals surface area contributed by atoms with Gasteiger partial charge in [0.05, 0.1) is 14.7 Å². The van der Waals surface area contributed by atoms with Gasteiger partial charge in [0.1, 0.15) is 6.61 Å². The lowest BCUT2D eigenvalue weighted by Gasteiger charge is -2.16. The van der Waals surface area contributed by atoms with Gasteiger partial charge in [-0.05, 0) is 13.3 Å². The molecule has 0 bridgehead atoms. The molecule has 0 rings (SSSR count). The smallest absolute Gasteiger partial charge is 0.333 e. The van der Waals surface area contributed by atoms with Crippen molar-refractivity contribution in [1.29, 1.82) is 0 Å². The Balaban J connectivity index is 3.39. The molecule has 98 valence electrons. The summed E-state index contributed by atoms with van der Waals surface area (Å²) in [6.45, 7) is 15.0. The topological polar surface area (TPSA) is 35.5 Å². The SMILES string of the molecule is C=C[Si](C)(C)CCCOCCOC(=O)C(=C)C. The maximum Gasteiger partial charge on any atom is 0.333 e. The zero-order chi connectivity index (χ0) is 13.3. The monoisotopic (exact) mass is 256 g/mol. The largest absolute Gasteiger partial charge is 0.460 e. The van der Waals surface area contributed by atoms with Crippen molar-refractivity contribution in [3.8, 4) is 0 Å². The molecule has 0 aliphatic carbocycles. The summed E-state index contributed by atoms with van der Waals surface area (Å²) in [4.78, 5) is 11.0. The first-order chi connectivity index (χ1) is 7.89. The molecule has 0 aliphatic rings. The van der Waals surface area contributed by atoms with Crippen molar-refractivity contribution >= 4 is 14.0 Å². The molecule has 0 saturated heterocycles. The molecule has 17 heavy (non-hydrogen) atoms. The second kappa shape index (κ2) is 8.25. The maximum absolute atomic E-state index is 11.0. The fraction of sp³-hybridized carbons (Fsp3) is 0.615. The molecule has 3 nitrogen and oxygen atoms in total. The quantitative estimate of drug-likeness (QED) is 0.275. The zero-order valence-corrected chi connectivity index (χ0v) is 12.3. The molecule has 0 aromatic heterocycles. The number of carbonyl (C=O) groups excluding carboxylic acids is 1. The fourth-order valence-corrected chi connectivity index (χ4v) is 2.41. The minimum Gasteiger partial charge on any atom is -0.460 e. The molecule has 0 aromatic carbocycles. The van der Waals surface area contributed by atoms with Gasteiger partial charge in [-0.2, -0.15) is 0 Å². The van der Waals surface area contributed by atoms with Crippen LogP contribution in [0.15, 0.2) is 24.4 Å². The van der Waals surface area contributed by atoms with E-state index in [1.54, 1.807) is 6.92 Å². The van der Waals surface area contributed by atoms with Crippen molar-refractivity contribution in [2.24, 2.45) is 0 Å². The molecule has 0 fully saturated rings. The Morgan fingerprint density at radius 3 is 2.47 bits per heavy atom. The minimum atomic E-state index is -1.19. The van der Waals surface area contributed by atoms with E-state index in [-0.39, 0.29) is 5.97 Å². The van der Waals surface area contributed by atoms with Gasteiger partial charge >= 0.3 is 5.97 Å². The van der Waals surface area contributed by atoms with Crippen molar-refractivity contribution in [2.75, 3.05) is 19.8 Å². The Bertz CT molecular complexity index is 272. The summed E-state index contributed by atoms with van der Waals surface area (Å²) in [5.74, 6) is -0.353. The van der Waals surface area contributed by atoms with Crippen LogP contribution in [0.25, 0.3) is 0 Å². The van der Waals surface area contributed by atoms with E-state index in [4.69, 9.17) is 9.47 Å². The average molecular weight is 256 g/mol. The third kappa shape index (κ3) is 8.89. The molecule has 0 atom stereocenters. The molecule has 0 unspecified atom stereocenters. The summed E-state index contributed by atoms with van der Waals surface area (Å²) < 4.78 is 10.3. The third-order valence-electron chi connectivity index (χ3n) is 2.47. The third-order valence-corrected chi connectivity index (χ3v) is 5.22. The van der Waals surface area contributed by atoms with Crippen LogP contribution in [0.2, 0.25) is 19.1 Å². The van der Waals surface area contributed by atoms with E-state index in [1.165, 1.54) is 6.04 Å². The first-order valence-corrected chi connectivity index (χ1v) is 9.21. The highest BCUT2D eigenvalue weighted by Gasteiger charge is 2.14. The average Bonchev–Trinajstić information content (AvgIpc) is 2.27. The van der Waals surface area contributed by atoms with E-state index < -0.39 is 8.07 Å². The van der Waals surface area contributed by atoms with Crippen LogP contribution in [0.3, 0.4) is 0 Å². The van der Waals surface area contributed by atoms with Crippen molar-refractivity contribution in [3.63, 3.8) is 0 Å². The number of rotatable bonds is 9. The van der Waals surface area contributed by atoms with Crippen molar-refractivity contribution in [1.82, 2.24) is 0 Å². The van der Waals surface area contributed by atoms with E-state index in [1.807, 2.05) is 0 Å². The summed E-state index contributed by atoms with van der Waals surface area (Å²) in [5, 5.41) is 0. The minimum absolute atomic E-state index is 0.300. The summed E-state index contributed by atoms with van der Waals surface area (Å²) in [5.41, 5.74) is 2.52. The number of hydrogen-bond donors (Lipinski definition) is 0. The van der Waals surface area contributed by atoms with Crippen LogP contribution in [0, 0.1) is 0 Å². The Labute approximate surface area is 106 Å². The van der Waals surface area contributed by atoms with Crippen molar-refractivity contribution in [3.05, 3.63) is 24.4 Å². The Morgan fingerprint density at radius 2 is 1.94 bits per heavy atom. The lowest BCUT2D eigenvalue weighted by atomic mass is 10.4. The van der Waals surface area contributed by atoms with E-state index in [2.05, 4.69) is 32.0 Å². The van der Waals surface area contributed by atoms with Gasteiger partial charge in [-0.1, -0.05) is 25.7 Å². The van der Waals surface area contributed by atoms with E-state index >= 15 is 0 Å². The normalized spacial score (nSPS) is 11.0. The van der Waals surface area contributed by atoms with Crippen LogP contribution in [-0.4, -0.2) is 33.9 Å². The lowest BCUT2D eigenvalue weighted by molar-refractivity contribution is -0.140. The first kappa shape index (κ1) is 16.1.